The van der Waals surface area contributed by atoms with Gasteiger partial charge in [0.25, 0.3) is 0 Å². The van der Waals surface area contributed by atoms with Crippen LogP contribution in [0.3, 0.4) is 0 Å². The van der Waals surface area contributed by atoms with Gasteiger partial charge in [-0.3, -0.25) is 0 Å². The van der Waals surface area contributed by atoms with E-state index in [0.29, 0.717) is 0 Å². The van der Waals surface area contributed by atoms with Crippen LogP contribution in [0.4, 0.5) is 0 Å². The zero-order chi connectivity index (χ0) is 12.3. The van der Waals surface area contributed by atoms with Gasteiger partial charge < -0.3 is 14.3 Å². The van der Waals surface area contributed by atoms with E-state index in [9.17, 15) is 4.79 Å². The molecular weight excluding hydrogens is 195 g/mol. The van der Waals surface area contributed by atoms with Crippen molar-refractivity contribution in [1.82, 2.24) is 0 Å². The second-order valence-electron chi connectivity index (χ2n) is 2.64. The van der Waals surface area contributed by atoms with Crippen LogP contribution < -0.4 is 0 Å². The van der Waals surface area contributed by atoms with Crippen LogP contribution in [-0.4, -0.2) is 24.9 Å². The van der Waals surface area contributed by atoms with Gasteiger partial charge in [0.05, 0.1) is 0 Å². The Hall–Kier alpha value is -1.07. The number of allylic oxidation sites excluding steroid dienone is 1. The molecule has 0 aliphatic rings. The normalized spacial score (nSPS) is 8.27. The Balaban J connectivity index is 0. The molecule has 15 heavy (non-hydrogen) atoms. The van der Waals surface area contributed by atoms with E-state index < -0.39 is 13.3 Å². The first-order chi connectivity index (χ1) is 6.99. The van der Waals surface area contributed by atoms with Crippen LogP contribution in [0.15, 0.2) is 24.8 Å². The van der Waals surface area contributed by atoms with Gasteiger partial charge in [-0.05, 0) is 20.3 Å². The van der Waals surface area contributed by atoms with Crippen molar-refractivity contribution in [3.05, 3.63) is 24.8 Å². The first-order valence-corrected chi connectivity index (χ1v) is 4.76. The van der Waals surface area contributed by atoms with Crippen molar-refractivity contribution in [2.75, 3.05) is 6.61 Å². The van der Waals surface area contributed by atoms with Crippen molar-refractivity contribution in [3.63, 3.8) is 0 Å². The summed E-state index contributed by atoms with van der Waals surface area (Å²) in [4.78, 5) is 10.7. The Morgan fingerprint density at radius 1 is 1.53 bits per heavy atom. The summed E-state index contributed by atoms with van der Waals surface area (Å²) < 4.78 is 8.88. The largest absolute Gasteiger partial charge is 0.712 e. The lowest BCUT2D eigenvalue weighted by Gasteiger charge is -2.05. The van der Waals surface area contributed by atoms with Crippen molar-refractivity contribution in [3.8, 4) is 0 Å². The second-order valence-corrected chi connectivity index (χ2v) is 2.64. The highest BCUT2D eigenvalue weighted by Gasteiger charge is 2.20. The molecule has 0 saturated heterocycles. The van der Waals surface area contributed by atoms with Gasteiger partial charge in [-0.2, -0.15) is 0 Å². The lowest BCUT2D eigenvalue weighted by molar-refractivity contribution is -0.132. The molecule has 0 aliphatic heterocycles. The van der Waals surface area contributed by atoms with Gasteiger partial charge in [0.2, 0.25) is 0 Å². The summed E-state index contributed by atoms with van der Waals surface area (Å²) in [5.41, 5.74) is 0.226. The molecule has 0 aliphatic carbocycles. The van der Waals surface area contributed by atoms with Gasteiger partial charge in [0.15, 0.2) is 0 Å². The van der Waals surface area contributed by atoms with Crippen LogP contribution in [0, 0.1) is 0 Å². The molecule has 0 aromatic carbocycles. The average Bonchev–Trinajstić information content (AvgIpc) is 2.18. The van der Waals surface area contributed by atoms with Gasteiger partial charge >= 0.3 is 13.3 Å². The third-order valence-electron chi connectivity index (χ3n) is 1.15. The van der Waals surface area contributed by atoms with E-state index in [1.807, 2.05) is 6.08 Å². The maximum absolute atomic E-state index is 10.7. The van der Waals surface area contributed by atoms with E-state index in [2.05, 4.69) is 29.4 Å². The minimum absolute atomic E-state index is 0.226. The molecule has 5 heteroatoms. The third kappa shape index (κ3) is 12.9. The standard InChI is InChI=1S/C6H11BO4.C4H8/c1-4-10-7(9)11-6(8)5(2)3;1-3-4-2/h9H,2,4H2,1,3H3;3H,1,4H2,2H3. The number of carbonyl (C=O) groups excluding carboxylic acids is 1. The van der Waals surface area contributed by atoms with E-state index in [0.717, 1.165) is 6.42 Å². The molecule has 0 unspecified atom stereocenters. The highest BCUT2D eigenvalue weighted by atomic mass is 16.7. The monoisotopic (exact) mass is 214 g/mol. The summed E-state index contributed by atoms with van der Waals surface area (Å²) in [7, 11) is -1.48. The molecular formula is C10H19BO4. The molecule has 0 radical (unpaired) electrons. The number of carbonyl (C=O) groups is 1. The molecule has 0 rings (SSSR count). The van der Waals surface area contributed by atoms with Crippen molar-refractivity contribution < 1.29 is 19.1 Å². The van der Waals surface area contributed by atoms with E-state index >= 15 is 0 Å². The molecule has 0 aromatic heterocycles. The molecule has 0 bridgehead atoms. The molecule has 86 valence electrons. The minimum atomic E-state index is -1.48. The van der Waals surface area contributed by atoms with Crippen molar-refractivity contribution in [2.24, 2.45) is 0 Å². The van der Waals surface area contributed by atoms with Crippen molar-refractivity contribution in [1.29, 1.82) is 0 Å². The van der Waals surface area contributed by atoms with Gasteiger partial charge in [0.1, 0.15) is 0 Å². The first kappa shape index (κ1) is 16.4. The quantitative estimate of drug-likeness (QED) is 0.430. The number of rotatable bonds is 5. The average molecular weight is 214 g/mol. The second kappa shape index (κ2) is 11.0. The first-order valence-electron chi connectivity index (χ1n) is 4.76. The van der Waals surface area contributed by atoms with Crippen molar-refractivity contribution >= 4 is 13.3 Å². The molecule has 0 fully saturated rings. The highest BCUT2D eigenvalue weighted by Crippen LogP contribution is 1.94. The lowest BCUT2D eigenvalue weighted by atomic mass is 10.2. The van der Waals surface area contributed by atoms with Crippen LogP contribution in [0.25, 0.3) is 0 Å². The Labute approximate surface area is 91.8 Å². The van der Waals surface area contributed by atoms with Gasteiger partial charge in [-0.15, -0.1) is 6.58 Å². The molecule has 1 N–H and O–H groups in total. The third-order valence-corrected chi connectivity index (χ3v) is 1.15. The zero-order valence-electron chi connectivity index (χ0n) is 9.66. The zero-order valence-corrected chi connectivity index (χ0v) is 9.66. The van der Waals surface area contributed by atoms with E-state index in [1.165, 1.54) is 6.92 Å². The number of hydrogen-bond acceptors (Lipinski definition) is 4. The predicted octanol–water partition coefficient (Wildman–Crippen LogP) is 1.70. The summed E-state index contributed by atoms with van der Waals surface area (Å²) in [6.07, 6.45) is 2.96. The van der Waals surface area contributed by atoms with Crippen LogP contribution in [0.1, 0.15) is 27.2 Å². The molecule has 0 atom stereocenters. The number of hydrogen-bond donors (Lipinski definition) is 1. The molecule has 0 amide bonds. The molecule has 0 spiro atoms. The van der Waals surface area contributed by atoms with Crippen LogP contribution in [-0.2, 0) is 14.1 Å². The highest BCUT2D eigenvalue weighted by molar-refractivity contribution is 6.38. The Kier molecular flexibility index (Phi) is 12.0. The summed E-state index contributed by atoms with van der Waals surface area (Å²) in [6.45, 7) is 12.3. The predicted molar refractivity (Wildman–Crippen MR) is 61.0 cm³/mol. The fourth-order valence-corrected chi connectivity index (χ4v) is 0.369. The van der Waals surface area contributed by atoms with Crippen LogP contribution >= 0.6 is 0 Å². The summed E-state index contributed by atoms with van der Waals surface area (Å²) in [6, 6.07) is 0. The van der Waals surface area contributed by atoms with Gasteiger partial charge in [0, 0.05) is 12.2 Å². The van der Waals surface area contributed by atoms with Crippen molar-refractivity contribution in [2.45, 2.75) is 27.2 Å². The van der Waals surface area contributed by atoms with E-state index in [4.69, 9.17) is 5.02 Å². The summed E-state index contributed by atoms with van der Waals surface area (Å²) in [5, 5.41) is 8.76. The van der Waals surface area contributed by atoms with E-state index in [1.54, 1.807) is 6.92 Å². The molecule has 4 nitrogen and oxygen atoms in total. The summed E-state index contributed by atoms with van der Waals surface area (Å²) >= 11 is 0. The smallest absolute Gasteiger partial charge is 0.482 e. The summed E-state index contributed by atoms with van der Waals surface area (Å²) in [5.74, 6) is -0.661. The SMILES string of the molecule is C=C(C)C(=O)OB(O)OCC.C=CCC. The Morgan fingerprint density at radius 3 is 2.27 bits per heavy atom. The Bertz CT molecular complexity index is 204. The molecule has 0 saturated carbocycles. The maximum Gasteiger partial charge on any atom is 0.712 e. The molecule has 0 aromatic rings. The minimum Gasteiger partial charge on any atom is -0.482 e. The fourth-order valence-electron chi connectivity index (χ4n) is 0.369. The lowest BCUT2D eigenvalue weighted by Crippen LogP contribution is -2.26. The van der Waals surface area contributed by atoms with Crippen LogP contribution in [0.2, 0.25) is 0 Å². The van der Waals surface area contributed by atoms with Gasteiger partial charge in [-0.25, -0.2) is 4.79 Å². The molecule has 0 heterocycles. The Morgan fingerprint density at radius 2 is 2.00 bits per heavy atom. The topological polar surface area (TPSA) is 55.8 Å². The fraction of sp³-hybridized carbons (Fsp3) is 0.500. The van der Waals surface area contributed by atoms with Gasteiger partial charge in [-0.1, -0.05) is 19.6 Å². The van der Waals surface area contributed by atoms with E-state index in [-0.39, 0.29) is 12.2 Å². The maximum atomic E-state index is 10.7. The van der Waals surface area contributed by atoms with Crippen LogP contribution in [0.5, 0.6) is 0 Å².